The SMILES string of the molecule is CC1(c2noc(Cc3cc4ccccc4[nH]c3=O)n2)CCNCC1.O=C(O)C(F)(F)F. The normalized spacial score (nSPS) is 15.9. The Labute approximate surface area is 174 Å². The molecule has 0 unspecified atom stereocenters. The van der Waals surface area contributed by atoms with Crippen molar-refractivity contribution in [3.05, 3.63) is 58.0 Å². The molecule has 3 N–H and O–H groups in total. The highest BCUT2D eigenvalue weighted by Gasteiger charge is 2.38. The Morgan fingerprint density at radius 3 is 2.55 bits per heavy atom. The number of carboxylic acids is 1. The van der Waals surface area contributed by atoms with Gasteiger partial charge in [0.05, 0.1) is 6.42 Å². The molecule has 1 aliphatic rings. The average molecular weight is 438 g/mol. The summed E-state index contributed by atoms with van der Waals surface area (Å²) in [7, 11) is 0. The number of hydrogen-bond acceptors (Lipinski definition) is 6. The van der Waals surface area contributed by atoms with Crippen molar-refractivity contribution >= 4 is 16.9 Å². The fourth-order valence-corrected chi connectivity index (χ4v) is 3.26. The van der Waals surface area contributed by atoms with E-state index in [9.17, 15) is 18.0 Å². The van der Waals surface area contributed by atoms with Crippen molar-refractivity contribution in [2.45, 2.75) is 37.8 Å². The predicted molar refractivity (Wildman–Crippen MR) is 105 cm³/mol. The average Bonchev–Trinajstić information content (AvgIpc) is 3.18. The Morgan fingerprint density at radius 1 is 1.26 bits per heavy atom. The van der Waals surface area contributed by atoms with Crippen molar-refractivity contribution in [1.82, 2.24) is 20.4 Å². The van der Waals surface area contributed by atoms with Crippen LogP contribution in [0.1, 0.15) is 37.0 Å². The van der Waals surface area contributed by atoms with Crippen molar-refractivity contribution in [1.29, 1.82) is 0 Å². The third-order valence-electron chi connectivity index (χ3n) is 5.13. The number of aromatic nitrogens is 3. The van der Waals surface area contributed by atoms with E-state index in [1.165, 1.54) is 0 Å². The number of aromatic amines is 1. The molecule has 1 aliphatic heterocycles. The number of nitrogens with one attached hydrogen (secondary N) is 2. The zero-order valence-corrected chi connectivity index (χ0v) is 16.6. The fraction of sp³-hybridized carbons (Fsp3) is 0.400. The molecule has 0 saturated carbocycles. The first-order valence-electron chi connectivity index (χ1n) is 9.53. The number of para-hydroxylation sites is 1. The Bertz CT molecular complexity index is 1120. The van der Waals surface area contributed by atoms with E-state index in [2.05, 4.69) is 27.4 Å². The van der Waals surface area contributed by atoms with Crippen LogP contribution in [0, 0.1) is 0 Å². The molecule has 3 aromatic rings. The fourth-order valence-electron chi connectivity index (χ4n) is 3.26. The van der Waals surface area contributed by atoms with Crippen LogP contribution in [0.5, 0.6) is 0 Å². The summed E-state index contributed by atoms with van der Waals surface area (Å²) >= 11 is 0. The smallest absolute Gasteiger partial charge is 0.475 e. The molecular formula is C20H21F3N4O4. The highest BCUT2D eigenvalue weighted by molar-refractivity contribution is 5.78. The minimum atomic E-state index is -5.08. The maximum absolute atomic E-state index is 12.3. The van der Waals surface area contributed by atoms with Gasteiger partial charge in [-0.15, -0.1) is 0 Å². The van der Waals surface area contributed by atoms with Gasteiger partial charge in [-0.05, 0) is 43.5 Å². The van der Waals surface area contributed by atoms with E-state index >= 15 is 0 Å². The topological polar surface area (TPSA) is 121 Å². The van der Waals surface area contributed by atoms with E-state index in [0.29, 0.717) is 17.9 Å². The summed E-state index contributed by atoms with van der Waals surface area (Å²) in [5.41, 5.74) is 1.31. The van der Waals surface area contributed by atoms with E-state index < -0.39 is 12.1 Å². The van der Waals surface area contributed by atoms with Gasteiger partial charge in [-0.3, -0.25) is 4.79 Å². The number of piperidine rings is 1. The lowest BCUT2D eigenvalue weighted by Gasteiger charge is -2.30. The Kier molecular flexibility index (Phi) is 6.44. The summed E-state index contributed by atoms with van der Waals surface area (Å²) in [4.78, 5) is 28.6. The van der Waals surface area contributed by atoms with Gasteiger partial charge in [-0.1, -0.05) is 30.3 Å². The second kappa shape index (κ2) is 8.88. The molecule has 31 heavy (non-hydrogen) atoms. The summed E-state index contributed by atoms with van der Waals surface area (Å²) in [5, 5.41) is 15.6. The summed E-state index contributed by atoms with van der Waals surface area (Å²) < 4.78 is 37.2. The molecule has 0 bridgehead atoms. The molecule has 166 valence electrons. The number of aliphatic carboxylic acids is 1. The molecular weight excluding hydrogens is 417 g/mol. The van der Waals surface area contributed by atoms with Crippen molar-refractivity contribution in [2.24, 2.45) is 0 Å². The van der Waals surface area contributed by atoms with Crippen molar-refractivity contribution in [3.63, 3.8) is 0 Å². The van der Waals surface area contributed by atoms with E-state index in [-0.39, 0.29) is 11.0 Å². The van der Waals surface area contributed by atoms with Crippen molar-refractivity contribution < 1.29 is 27.6 Å². The molecule has 0 radical (unpaired) electrons. The lowest BCUT2D eigenvalue weighted by Crippen LogP contribution is -2.38. The van der Waals surface area contributed by atoms with Crippen LogP contribution in [0.2, 0.25) is 0 Å². The highest BCUT2D eigenvalue weighted by Crippen LogP contribution is 2.30. The van der Waals surface area contributed by atoms with Crippen molar-refractivity contribution in [3.8, 4) is 0 Å². The van der Waals surface area contributed by atoms with Crippen LogP contribution in [-0.4, -0.2) is 45.5 Å². The molecule has 0 atom stereocenters. The van der Waals surface area contributed by atoms with Gasteiger partial charge in [0, 0.05) is 16.5 Å². The van der Waals surface area contributed by atoms with Gasteiger partial charge < -0.3 is 19.9 Å². The van der Waals surface area contributed by atoms with Crippen LogP contribution in [0.25, 0.3) is 10.9 Å². The van der Waals surface area contributed by atoms with Crippen molar-refractivity contribution in [2.75, 3.05) is 13.1 Å². The van der Waals surface area contributed by atoms with Gasteiger partial charge in [0.15, 0.2) is 5.82 Å². The molecule has 8 nitrogen and oxygen atoms in total. The molecule has 0 spiro atoms. The molecule has 0 aliphatic carbocycles. The minimum Gasteiger partial charge on any atom is -0.475 e. The Balaban J connectivity index is 0.000000339. The largest absolute Gasteiger partial charge is 0.490 e. The van der Waals surface area contributed by atoms with E-state index in [1.54, 1.807) is 0 Å². The first-order valence-corrected chi connectivity index (χ1v) is 9.53. The second-order valence-corrected chi connectivity index (χ2v) is 7.51. The van der Waals surface area contributed by atoms with Gasteiger partial charge in [0.2, 0.25) is 5.89 Å². The number of carbonyl (C=O) groups is 1. The zero-order valence-electron chi connectivity index (χ0n) is 16.6. The minimum absolute atomic E-state index is 0.0528. The van der Waals surface area contributed by atoms with Crippen LogP contribution in [0.3, 0.4) is 0 Å². The van der Waals surface area contributed by atoms with Crippen LogP contribution in [0.15, 0.2) is 39.6 Å². The molecule has 1 saturated heterocycles. The number of halogens is 3. The number of fused-ring (bicyclic) bond motifs is 1. The predicted octanol–water partition coefficient (Wildman–Crippen LogP) is 2.78. The number of carboxylic acid groups (broad SMARTS) is 1. The van der Waals surface area contributed by atoms with E-state index in [0.717, 1.165) is 42.7 Å². The lowest BCUT2D eigenvalue weighted by molar-refractivity contribution is -0.192. The number of benzene rings is 1. The number of alkyl halides is 3. The van der Waals surface area contributed by atoms with E-state index in [1.807, 2.05) is 30.3 Å². The number of nitrogens with zero attached hydrogens (tertiary/aromatic N) is 2. The second-order valence-electron chi connectivity index (χ2n) is 7.51. The Morgan fingerprint density at radius 2 is 1.90 bits per heavy atom. The van der Waals surface area contributed by atoms with Gasteiger partial charge in [0.25, 0.3) is 5.56 Å². The summed E-state index contributed by atoms with van der Waals surface area (Å²) in [6, 6.07) is 9.62. The van der Waals surface area contributed by atoms with Gasteiger partial charge >= 0.3 is 12.1 Å². The number of H-pyrrole nitrogens is 1. The maximum Gasteiger partial charge on any atom is 0.490 e. The number of rotatable bonds is 3. The Hall–Kier alpha value is -3.21. The van der Waals surface area contributed by atoms with Gasteiger partial charge in [-0.2, -0.15) is 18.2 Å². The highest BCUT2D eigenvalue weighted by atomic mass is 19.4. The van der Waals surface area contributed by atoms with Crippen LogP contribution in [0.4, 0.5) is 13.2 Å². The quantitative estimate of drug-likeness (QED) is 0.575. The lowest BCUT2D eigenvalue weighted by atomic mass is 9.80. The first kappa shape index (κ1) is 22.5. The summed E-state index contributed by atoms with van der Waals surface area (Å²) in [6.45, 7) is 4.10. The first-order chi connectivity index (χ1) is 14.6. The van der Waals surface area contributed by atoms with Crippen LogP contribution < -0.4 is 10.9 Å². The molecule has 2 aromatic heterocycles. The molecule has 0 amide bonds. The zero-order chi connectivity index (χ0) is 22.6. The summed E-state index contributed by atoms with van der Waals surface area (Å²) in [5.74, 6) is -1.52. The van der Waals surface area contributed by atoms with Crippen LogP contribution >= 0.6 is 0 Å². The summed E-state index contributed by atoms with van der Waals surface area (Å²) in [6.07, 6.45) is -2.76. The molecule has 4 rings (SSSR count). The number of pyridine rings is 1. The van der Waals surface area contributed by atoms with E-state index in [4.69, 9.17) is 14.4 Å². The van der Waals surface area contributed by atoms with Gasteiger partial charge in [-0.25, -0.2) is 4.79 Å². The number of hydrogen-bond donors (Lipinski definition) is 3. The molecule has 1 aromatic carbocycles. The monoisotopic (exact) mass is 438 g/mol. The third kappa shape index (κ3) is 5.48. The van der Waals surface area contributed by atoms with Crippen LogP contribution in [-0.2, 0) is 16.6 Å². The standard InChI is InChI=1S/C18H20N4O2.C2HF3O2/c1-18(6-8-19-9-7-18)17-21-15(24-22-17)11-13-10-12-4-2-3-5-14(12)20-16(13)23;3-2(4,5)1(6)7/h2-5,10,19H,6-9,11H2,1H3,(H,20,23);(H,6,7). The maximum atomic E-state index is 12.3. The molecule has 1 fully saturated rings. The molecule has 3 heterocycles. The molecule has 11 heteroatoms. The third-order valence-corrected chi connectivity index (χ3v) is 5.13. The van der Waals surface area contributed by atoms with Gasteiger partial charge in [0.1, 0.15) is 0 Å².